The molecule has 1 fully saturated rings. The van der Waals surface area contributed by atoms with Gasteiger partial charge in [0.2, 0.25) is 10.0 Å². The molecule has 29 heavy (non-hydrogen) atoms. The second-order valence-electron chi connectivity index (χ2n) is 6.99. The Morgan fingerprint density at radius 1 is 1.28 bits per heavy atom. The number of amides is 1. The summed E-state index contributed by atoms with van der Waals surface area (Å²) in [5.74, 6) is -0.0410. The van der Waals surface area contributed by atoms with Gasteiger partial charge in [-0.3, -0.25) is 13.9 Å². The van der Waals surface area contributed by atoms with Crippen molar-refractivity contribution < 1.29 is 18.0 Å². The smallest absolute Gasteiger partial charge is 0.278 e. The number of nitrogens with one attached hydrogen (secondary N) is 2. The quantitative estimate of drug-likeness (QED) is 0.507. The first-order valence-electron chi connectivity index (χ1n) is 8.97. The number of anilines is 3. The molecule has 10 heteroatoms. The second kappa shape index (κ2) is 8.17. The van der Waals surface area contributed by atoms with Crippen LogP contribution in [-0.2, 0) is 14.9 Å². The fraction of sp³-hybridized carbons (Fsp3) is 0.368. The third kappa shape index (κ3) is 4.80. The summed E-state index contributed by atoms with van der Waals surface area (Å²) in [6.07, 6.45) is 3.33. The Hall–Kier alpha value is -2.36. The highest BCUT2D eigenvalue weighted by atomic mass is 35.5. The van der Waals surface area contributed by atoms with Crippen LogP contribution in [0.1, 0.15) is 40.4 Å². The molecule has 1 heterocycles. The zero-order valence-corrected chi connectivity index (χ0v) is 18.2. The van der Waals surface area contributed by atoms with Crippen LogP contribution in [0, 0.1) is 6.92 Å². The minimum absolute atomic E-state index is 0.201. The van der Waals surface area contributed by atoms with Crippen LogP contribution in [0.5, 0.6) is 0 Å². The molecule has 156 valence electrons. The summed E-state index contributed by atoms with van der Waals surface area (Å²) in [6, 6.07) is 7.15. The van der Waals surface area contributed by atoms with Crippen molar-refractivity contribution in [1.82, 2.24) is 10.5 Å². The van der Waals surface area contributed by atoms with E-state index in [1.54, 1.807) is 6.92 Å². The Balaban J connectivity index is 2.09. The number of rotatable bonds is 7. The molecule has 1 aromatic heterocycles. The number of nitrogens with zero attached hydrogens (tertiary/aromatic N) is 2. The van der Waals surface area contributed by atoms with Crippen LogP contribution in [0.25, 0.3) is 0 Å². The van der Waals surface area contributed by atoms with Crippen molar-refractivity contribution in [2.45, 2.75) is 25.7 Å². The molecule has 0 saturated heterocycles. The van der Waals surface area contributed by atoms with Crippen molar-refractivity contribution in [3.63, 3.8) is 0 Å². The van der Waals surface area contributed by atoms with Crippen molar-refractivity contribution >= 4 is 44.6 Å². The molecule has 1 aliphatic carbocycles. The summed E-state index contributed by atoms with van der Waals surface area (Å²) < 4.78 is 25.6. The molecule has 0 aliphatic heterocycles. The number of carbonyl (C=O) groups excluding carboxylic acids is 1. The largest absolute Gasteiger partial charge is 0.353 e. The predicted molar refractivity (Wildman–Crippen MR) is 113 cm³/mol. The van der Waals surface area contributed by atoms with E-state index in [0.717, 1.165) is 24.7 Å². The van der Waals surface area contributed by atoms with Gasteiger partial charge in [-0.15, -0.1) is 0 Å². The zero-order chi connectivity index (χ0) is 21.3. The van der Waals surface area contributed by atoms with Gasteiger partial charge in [-0.25, -0.2) is 18.9 Å². The maximum Gasteiger partial charge on any atom is 0.278 e. The molecule has 0 bridgehead atoms. The monoisotopic (exact) mass is 438 g/mol. The van der Waals surface area contributed by atoms with E-state index in [0.29, 0.717) is 28.7 Å². The van der Waals surface area contributed by atoms with Crippen LogP contribution < -0.4 is 15.1 Å². The Bertz CT molecular complexity index is 1050. The molecule has 1 aliphatic rings. The summed E-state index contributed by atoms with van der Waals surface area (Å²) in [5.41, 5.74) is 5.41. The molecule has 1 saturated carbocycles. The molecule has 0 radical (unpaired) electrons. The molecule has 2 N–H and O–H groups in total. The number of halogens is 1. The Labute approximate surface area is 175 Å². The number of hydrogen-bond acceptors (Lipinski definition) is 6. The number of benzene rings is 1. The highest BCUT2D eigenvalue weighted by Gasteiger charge is 2.26. The zero-order valence-electron chi connectivity index (χ0n) is 16.6. The van der Waals surface area contributed by atoms with Crippen LogP contribution >= 0.6 is 11.6 Å². The number of hydrogen-bond donors (Lipinski definition) is 2. The topological polar surface area (TPSA) is 101 Å². The first-order valence-corrected chi connectivity index (χ1v) is 11.2. The molecule has 2 aromatic rings. The van der Waals surface area contributed by atoms with E-state index in [1.165, 1.54) is 24.5 Å². The summed E-state index contributed by atoms with van der Waals surface area (Å²) in [5, 5.41) is 3.36. The molecule has 8 nitrogen and oxygen atoms in total. The van der Waals surface area contributed by atoms with Crippen LogP contribution in [0.15, 0.2) is 24.3 Å². The van der Waals surface area contributed by atoms with Gasteiger partial charge < -0.3 is 5.32 Å². The minimum Gasteiger partial charge on any atom is -0.353 e. The SMILES string of the molecule is CONC(=O)c1c(Nc2ccc(C3CC3)cc2N(C)S(C)(=O)=O)cc(Cl)nc1C. The van der Waals surface area contributed by atoms with Crippen molar-refractivity contribution in [3.8, 4) is 0 Å². The van der Waals surface area contributed by atoms with E-state index < -0.39 is 15.9 Å². The van der Waals surface area contributed by atoms with Gasteiger partial charge in [0, 0.05) is 7.05 Å². The van der Waals surface area contributed by atoms with E-state index in [9.17, 15) is 13.2 Å². The van der Waals surface area contributed by atoms with E-state index >= 15 is 0 Å². The number of pyridine rings is 1. The fourth-order valence-electron chi connectivity index (χ4n) is 3.07. The average molecular weight is 439 g/mol. The number of carbonyl (C=O) groups is 1. The van der Waals surface area contributed by atoms with E-state index in [2.05, 4.69) is 15.8 Å². The Morgan fingerprint density at radius 2 is 1.97 bits per heavy atom. The lowest BCUT2D eigenvalue weighted by Gasteiger charge is -2.23. The highest BCUT2D eigenvalue weighted by Crippen LogP contribution is 2.43. The Kier molecular flexibility index (Phi) is 6.02. The third-order valence-corrected chi connectivity index (χ3v) is 6.15. The lowest BCUT2D eigenvalue weighted by Crippen LogP contribution is -2.26. The molecular weight excluding hydrogens is 416 g/mol. The van der Waals surface area contributed by atoms with Gasteiger partial charge >= 0.3 is 0 Å². The third-order valence-electron chi connectivity index (χ3n) is 4.77. The number of sulfonamides is 1. The highest BCUT2D eigenvalue weighted by molar-refractivity contribution is 7.92. The van der Waals surface area contributed by atoms with E-state index in [1.807, 2.05) is 18.2 Å². The molecule has 0 unspecified atom stereocenters. The maximum absolute atomic E-state index is 12.5. The standard InChI is InChI=1S/C19H23ClN4O4S/c1-11-18(19(25)23-28-3)15(10-17(20)21-11)22-14-8-7-13(12-5-6-12)9-16(14)24(2)29(4,26)27/h7-10,12H,5-6H2,1-4H3,(H,21,22)(H,23,25). The van der Waals surface area contributed by atoms with Gasteiger partial charge in [0.1, 0.15) is 5.15 Å². The maximum atomic E-state index is 12.5. The summed E-state index contributed by atoms with van der Waals surface area (Å²) >= 11 is 6.10. The fourth-order valence-corrected chi connectivity index (χ4v) is 3.82. The summed E-state index contributed by atoms with van der Waals surface area (Å²) in [7, 11) is -0.660. The van der Waals surface area contributed by atoms with Crippen LogP contribution in [0.3, 0.4) is 0 Å². The van der Waals surface area contributed by atoms with Gasteiger partial charge in [0.15, 0.2) is 0 Å². The lowest BCUT2D eigenvalue weighted by molar-refractivity contribution is 0.0537. The first kappa shape index (κ1) is 21.4. The predicted octanol–water partition coefficient (Wildman–Crippen LogP) is 3.35. The summed E-state index contributed by atoms with van der Waals surface area (Å²) in [6.45, 7) is 1.65. The average Bonchev–Trinajstić information content (AvgIpc) is 3.45. The summed E-state index contributed by atoms with van der Waals surface area (Å²) in [4.78, 5) is 21.3. The van der Waals surface area contributed by atoms with Gasteiger partial charge in [-0.1, -0.05) is 17.7 Å². The second-order valence-corrected chi connectivity index (χ2v) is 9.40. The van der Waals surface area contributed by atoms with Crippen molar-refractivity contribution in [2.24, 2.45) is 0 Å². The van der Waals surface area contributed by atoms with Gasteiger partial charge in [-0.2, -0.15) is 0 Å². The molecule has 0 spiro atoms. The first-order chi connectivity index (χ1) is 13.6. The number of hydroxylamine groups is 1. The van der Waals surface area contributed by atoms with Gasteiger partial charge in [-0.05, 0) is 49.4 Å². The molecular formula is C19H23ClN4O4S. The number of aromatic nitrogens is 1. The molecule has 0 atom stereocenters. The van der Waals surface area contributed by atoms with Gasteiger partial charge in [0.25, 0.3) is 5.91 Å². The number of aryl methyl sites for hydroxylation is 1. The van der Waals surface area contributed by atoms with E-state index in [4.69, 9.17) is 16.4 Å². The van der Waals surface area contributed by atoms with Crippen LogP contribution in [0.2, 0.25) is 5.15 Å². The van der Waals surface area contributed by atoms with Crippen LogP contribution in [0.4, 0.5) is 17.1 Å². The molecule has 1 aromatic carbocycles. The normalized spacial score (nSPS) is 13.8. The molecule has 1 amide bonds. The minimum atomic E-state index is -3.49. The van der Waals surface area contributed by atoms with Crippen molar-refractivity contribution in [3.05, 3.63) is 46.2 Å². The lowest BCUT2D eigenvalue weighted by atomic mass is 10.1. The Morgan fingerprint density at radius 3 is 2.55 bits per heavy atom. The van der Waals surface area contributed by atoms with Crippen LogP contribution in [-0.4, -0.2) is 39.7 Å². The van der Waals surface area contributed by atoms with Crippen molar-refractivity contribution in [1.29, 1.82) is 0 Å². The van der Waals surface area contributed by atoms with Gasteiger partial charge in [0.05, 0.1) is 41.7 Å². The molecule has 3 rings (SSSR count). The van der Waals surface area contributed by atoms with Crippen molar-refractivity contribution in [2.75, 3.05) is 30.0 Å². The van der Waals surface area contributed by atoms with E-state index in [-0.39, 0.29) is 10.7 Å².